The number of fused-ring (bicyclic) bond motifs is 1. The van der Waals surface area contributed by atoms with Gasteiger partial charge in [-0.15, -0.1) is 0 Å². The summed E-state index contributed by atoms with van der Waals surface area (Å²) in [6.45, 7) is 7.97. The lowest BCUT2D eigenvalue weighted by atomic mass is 9.93. The largest absolute Gasteiger partial charge is 0.389 e. The SMILES string of the molecule is C[C@]1(N2CCN(c3cc4cc(NC(=O)[C@H]5C[C@H]5C5CCOCC5)ncc4cc3Cl)CC2)COC[C@H]1O. The van der Waals surface area contributed by atoms with E-state index >= 15 is 0 Å². The van der Waals surface area contributed by atoms with Crippen LogP contribution >= 0.6 is 11.6 Å². The highest BCUT2D eigenvalue weighted by Gasteiger charge is 2.48. The van der Waals surface area contributed by atoms with E-state index in [2.05, 4.69) is 33.1 Å². The minimum Gasteiger partial charge on any atom is -0.389 e. The van der Waals surface area contributed by atoms with Crippen LogP contribution < -0.4 is 10.2 Å². The molecule has 36 heavy (non-hydrogen) atoms. The van der Waals surface area contributed by atoms with E-state index in [1.807, 2.05) is 12.1 Å². The predicted octanol–water partition coefficient (Wildman–Crippen LogP) is 3.16. The summed E-state index contributed by atoms with van der Waals surface area (Å²) in [7, 11) is 0. The fourth-order valence-electron chi connectivity index (χ4n) is 6.28. The van der Waals surface area contributed by atoms with Crippen LogP contribution in [0, 0.1) is 17.8 Å². The summed E-state index contributed by atoms with van der Waals surface area (Å²) >= 11 is 6.69. The fourth-order valence-corrected chi connectivity index (χ4v) is 6.57. The summed E-state index contributed by atoms with van der Waals surface area (Å²) in [6, 6.07) is 6.00. The minimum absolute atomic E-state index is 0.0789. The molecule has 9 heteroatoms. The van der Waals surface area contributed by atoms with E-state index in [0.717, 1.165) is 75.1 Å². The summed E-state index contributed by atoms with van der Waals surface area (Å²) in [5.41, 5.74) is 0.658. The maximum atomic E-state index is 12.9. The van der Waals surface area contributed by atoms with E-state index in [1.54, 1.807) is 6.20 Å². The van der Waals surface area contributed by atoms with Crippen molar-refractivity contribution in [2.24, 2.45) is 17.8 Å². The molecule has 1 aromatic heterocycles. The zero-order chi connectivity index (χ0) is 24.9. The van der Waals surface area contributed by atoms with Crippen molar-refractivity contribution in [3.8, 4) is 0 Å². The van der Waals surface area contributed by atoms with Crippen LogP contribution in [0.1, 0.15) is 26.2 Å². The molecule has 3 aliphatic heterocycles. The Morgan fingerprint density at radius 1 is 1.14 bits per heavy atom. The second-order valence-corrected chi connectivity index (χ2v) is 11.4. The fraction of sp³-hybridized carbons (Fsp3) is 0.630. The zero-order valence-electron chi connectivity index (χ0n) is 20.8. The number of ether oxygens (including phenoxy) is 2. The number of aliphatic hydroxyl groups is 1. The number of aromatic nitrogens is 1. The number of nitrogens with one attached hydrogen (secondary N) is 1. The number of nitrogens with zero attached hydrogens (tertiary/aromatic N) is 3. The van der Waals surface area contributed by atoms with Gasteiger partial charge in [-0.3, -0.25) is 9.69 Å². The van der Waals surface area contributed by atoms with Crippen molar-refractivity contribution < 1.29 is 19.4 Å². The van der Waals surface area contributed by atoms with Crippen LogP contribution in [0.2, 0.25) is 5.02 Å². The van der Waals surface area contributed by atoms with Crippen molar-refractivity contribution >= 4 is 39.8 Å². The molecule has 0 unspecified atom stereocenters. The van der Waals surface area contributed by atoms with Gasteiger partial charge in [0.1, 0.15) is 5.82 Å². The summed E-state index contributed by atoms with van der Waals surface area (Å²) in [5.74, 6) is 1.85. The van der Waals surface area contributed by atoms with E-state index in [1.165, 1.54) is 0 Å². The van der Waals surface area contributed by atoms with Crippen LogP contribution in [-0.2, 0) is 14.3 Å². The molecule has 0 radical (unpaired) electrons. The maximum Gasteiger partial charge on any atom is 0.228 e. The van der Waals surface area contributed by atoms with Crippen molar-refractivity contribution in [2.45, 2.75) is 37.8 Å². The van der Waals surface area contributed by atoms with E-state index in [4.69, 9.17) is 21.1 Å². The molecule has 1 aromatic carbocycles. The number of anilines is 2. The van der Waals surface area contributed by atoms with Crippen molar-refractivity contribution in [1.29, 1.82) is 0 Å². The number of hydrogen-bond donors (Lipinski definition) is 2. The highest BCUT2D eigenvalue weighted by molar-refractivity contribution is 6.34. The third kappa shape index (κ3) is 4.58. The van der Waals surface area contributed by atoms with Gasteiger partial charge in [-0.2, -0.15) is 0 Å². The summed E-state index contributed by atoms with van der Waals surface area (Å²) < 4.78 is 11.0. The number of carbonyl (C=O) groups is 1. The summed E-state index contributed by atoms with van der Waals surface area (Å²) in [5, 5.41) is 16.1. The normalized spacial score (nSPS) is 31.6. The van der Waals surface area contributed by atoms with Gasteiger partial charge in [0.05, 0.1) is 35.6 Å². The number of carbonyl (C=O) groups excluding carboxylic acids is 1. The molecule has 4 heterocycles. The number of rotatable bonds is 5. The minimum atomic E-state index is -0.461. The monoisotopic (exact) mass is 514 g/mol. The Morgan fingerprint density at radius 3 is 2.64 bits per heavy atom. The van der Waals surface area contributed by atoms with Crippen molar-refractivity contribution in [1.82, 2.24) is 9.88 Å². The molecule has 194 valence electrons. The first-order valence-corrected chi connectivity index (χ1v) is 13.5. The Hall–Kier alpha value is -1.97. The highest BCUT2D eigenvalue weighted by atomic mass is 35.5. The average Bonchev–Trinajstić information content (AvgIpc) is 3.63. The predicted molar refractivity (Wildman–Crippen MR) is 140 cm³/mol. The van der Waals surface area contributed by atoms with Crippen LogP contribution in [0.4, 0.5) is 11.5 Å². The number of aliphatic hydroxyl groups excluding tert-OH is 1. The lowest BCUT2D eigenvalue weighted by molar-refractivity contribution is -0.117. The van der Waals surface area contributed by atoms with Crippen LogP contribution in [0.25, 0.3) is 10.8 Å². The Bertz CT molecular complexity index is 1130. The maximum absolute atomic E-state index is 12.9. The highest BCUT2D eigenvalue weighted by Crippen LogP contribution is 2.48. The Morgan fingerprint density at radius 2 is 1.92 bits per heavy atom. The van der Waals surface area contributed by atoms with E-state index in [9.17, 15) is 9.90 Å². The zero-order valence-corrected chi connectivity index (χ0v) is 21.5. The molecule has 6 rings (SSSR count). The Labute approximate surface area is 216 Å². The molecular weight excluding hydrogens is 480 g/mol. The van der Waals surface area contributed by atoms with Crippen LogP contribution in [0.3, 0.4) is 0 Å². The van der Waals surface area contributed by atoms with Crippen molar-refractivity contribution in [3.05, 3.63) is 29.4 Å². The lowest BCUT2D eigenvalue weighted by Gasteiger charge is -2.45. The molecule has 4 atom stereocenters. The van der Waals surface area contributed by atoms with Gasteiger partial charge in [-0.1, -0.05) is 11.6 Å². The number of benzene rings is 1. The Balaban J connectivity index is 1.13. The first-order valence-electron chi connectivity index (χ1n) is 13.2. The van der Waals surface area contributed by atoms with Gasteiger partial charge >= 0.3 is 0 Å². The molecule has 1 aliphatic carbocycles. The van der Waals surface area contributed by atoms with Crippen LogP contribution in [0.15, 0.2) is 24.4 Å². The second-order valence-electron chi connectivity index (χ2n) is 11.0. The molecule has 2 N–H and O–H groups in total. The van der Waals surface area contributed by atoms with Gasteiger partial charge in [0, 0.05) is 56.9 Å². The number of pyridine rings is 1. The van der Waals surface area contributed by atoms with E-state index in [-0.39, 0.29) is 17.4 Å². The molecule has 8 nitrogen and oxygen atoms in total. The van der Waals surface area contributed by atoms with Crippen molar-refractivity contribution in [2.75, 3.05) is 62.8 Å². The number of piperazine rings is 1. The van der Waals surface area contributed by atoms with Gasteiger partial charge in [-0.25, -0.2) is 4.98 Å². The third-order valence-electron chi connectivity index (χ3n) is 8.82. The smallest absolute Gasteiger partial charge is 0.228 e. The van der Waals surface area contributed by atoms with Crippen LogP contribution in [-0.4, -0.2) is 85.1 Å². The van der Waals surface area contributed by atoms with E-state index in [0.29, 0.717) is 35.9 Å². The number of hydrogen-bond acceptors (Lipinski definition) is 7. The molecule has 0 bridgehead atoms. The molecule has 4 fully saturated rings. The molecule has 1 saturated carbocycles. The molecule has 1 amide bonds. The van der Waals surface area contributed by atoms with Gasteiger partial charge in [0.25, 0.3) is 0 Å². The first kappa shape index (κ1) is 24.4. The standard InChI is InChI=1S/C27H35ClN4O4/c1-27(16-36-15-24(27)33)32-6-4-31(5-7-32)23-11-18-12-25(29-14-19(18)10-22(23)28)30-26(34)21-13-20(21)17-2-8-35-9-3-17/h10-12,14,17,20-21,24,33H,2-9,13,15-16H2,1H3,(H,29,30,34)/t20-,21-,24+,27-/m0/s1. The molecule has 4 aliphatic rings. The molecule has 0 spiro atoms. The third-order valence-corrected chi connectivity index (χ3v) is 9.12. The number of halogens is 1. The summed E-state index contributed by atoms with van der Waals surface area (Å²) in [4.78, 5) is 22.0. The van der Waals surface area contributed by atoms with Crippen molar-refractivity contribution in [3.63, 3.8) is 0 Å². The second kappa shape index (κ2) is 9.72. The molecular formula is C27H35ClN4O4. The molecule has 3 saturated heterocycles. The van der Waals surface area contributed by atoms with Gasteiger partial charge in [0.2, 0.25) is 5.91 Å². The van der Waals surface area contributed by atoms with E-state index < -0.39 is 6.10 Å². The first-order chi connectivity index (χ1) is 17.4. The van der Waals surface area contributed by atoms with Gasteiger partial charge in [0.15, 0.2) is 0 Å². The topological polar surface area (TPSA) is 87.2 Å². The quantitative estimate of drug-likeness (QED) is 0.633. The average molecular weight is 515 g/mol. The van der Waals surface area contributed by atoms with Crippen LogP contribution in [0.5, 0.6) is 0 Å². The van der Waals surface area contributed by atoms with Gasteiger partial charge < -0.3 is 24.8 Å². The molecule has 2 aromatic rings. The summed E-state index contributed by atoms with van der Waals surface area (Å²) in [6.07, 6.45) is 4.42. The number of amides is 1. The Kier molecular flexibility index (Phi) is 6.58. The van der Waals surface area contributed by atoms with Gasteiger partial charge in [-0.05, 0) is 61.6 Å². The lowest BCUT2D eigenvalue weighted by Crippen LogP contribution is -2.60.